The first-order chi connectivity index (χ1) is 16.5. The number of hydrogen-bond donors (Lipinski definition) is 0. The number of nitro groups is 1. The van der Waals surface area contributed by atoms with E-state index in [1.165, 1.54) is 18.4 Å². The summed E-state index contributed by atoms with van der Waals surface area (Å²) in [6.45, 7) is 2.85. The van der Waals surface area contributed by atoms with Crippen molar-refractivity contribution in [2.75, 3.05) is 20.2 Å². The molecule has 2 aromatic carbocycles. The SMILES string of the molecule is COc1ccc(CN2CCC(c3nccn3Cn3c(=O)sc4ccccc43)CC2)cc1[N+](=O)[O-]. The normalized spacial score (nSPS) is 15.1. The second-order valence-electron chi connectivity index (χ2n) is 8.47. The zero-order chi connectivity index (χ0) is 23.7. The summed E-state index contributed by atoms with van der Waals surface area (Å²) in [6, 6.07) is 13.0. The van der Waals surface area contributed by atoms with Gasteiger partial charge in [0.25, 0.3) is 0 Å². The number of aromatic nitrogens is 3. The molecule has 34 heavy (non-hydrogen) atoms. The van der Waals surface area contributed by atoms with Gasteiger partial charge in [0.05, 0.1) is 22.2 Å². The number of thiazole rings is 1. The fraction of sp³-hybridized carbons (Fsp3) is 0.333. The second kappa shape index (κ2) is 9.40. The fourth-order valence-electron chi connectivity index (χ4n) is 4.68. The number of fused-ring (bicyclic) bond motifs is 1. The van der Waals surface area contributed by atoms with Crippen LogP contribution in [-0.4, -0.2) is 44.1 Å². The van der Waals surface area contributed by atoms with Crippen molar-refractivity contribution < 1.29 is 9.66 Å². The van der Waals surface area contributed by atoms with E-state index in [1.54, 1.807) is 22.9 Å². The third-order valence-electron chi connectivity index (χ3n) is 6.41. The molecule has 1 aliphatic rings. The summed E-state index contributed by atoms with van der Waals surface area (Å²) >= 11 is 1.27. The van der Waals surface area contributed by atoms with Crippen LogP contribution < -0.4 is 9.61 Å². The van der Waals surface area contributed by atoms with E-state index in [0.29, 0.717) is 19.1 Å². The quantitative estimate of drug-likeness (QED) is 0.293. The standard InChI is InChI=1S/C24H25N5O4S/c1-33-21-7-6-17(14-20(21)29(31)32)15-26-11-8-18(9-12-26)23-25-10-13-27(23)16-28-19-4-2-3-5-22(19)34-24(28)30/h2-7,10,13-14,18H,8-9,11-12,15-16H2,1H3. The van der Waals surface area contributed by atoms with E-state index in [0.717, 1.165) is 47.5 Å². The zero-order valence-corrected chi connectivity index (χ0v) is 19.6. The molecule has 5 rings (SSSR count). The van der Waals surface area contributed by atoms with E-state index in [9.17, 15) is 14.9 Å². The summed E-state index contributed by atoms with van der Waals surface area (Å²) in [5, 5.41) is 11.3. The minimum atomic E-state index is -0.406. The van der Waals surface area contributed by atoms with Crippen molar-refractivity contribution in [3.8, 4) is 5.75 Å². The summed E-state index contributed by atoms with van der Waals surface area (Å²) in [5.41, 5.74) is 1.84. The number of hydrogen-bond acceptors (Lipinski definition) is 7. The Kier molecular flexibility index (Phi) is 6.16. The number of nitrogens with zero attached hydrogens (tertiary/aromatic N) is 5. The Morgan fingerprint density at radius 1 is 1.21 bits per heavy atom. The van der Waals surface area contributed by atoms with Gasteiger partial charge in [-0.05, 0) is 49.7 Å². The van der Waals surface area contributed by atoms with Crippen LogP contribution in [0.15, 0.2) is 59.7 Å². The molecule has 1 saturated heterocycles. The molecule has 1 aliphatic heterocycles. The largest absolute Gasteiger partial charge is 0.490 e. The Balaban J connectivity index is 1.26. The van der Waals surface area contributed by atoms with Crippen LogP contribution in [0.2, 0.25) is 0 Å². The predicted octanol–water partition coefficient (Wildman–Crippen LogP) is 4.06. The lowest BCUT2D eigenvalue weighted by atomic mass is 9.95. The molecular formula is C24H25N5O4S. The third-order valence-corrected chi connectivity index (χ3v) is 7.37. The number of para-hydroxylation sites is 1. The van der Waals surface area contributed by atoms with Gasteiger partial charge in [0.15, 0.2) is 5.75 Å². The van der Waals surface area contributed by atoms with Gasteiger partial charge in [-0.25, -0.2) is 4.98 Å². The first kappa shape index (κ1) is 22.3. The average molecular weight is 480 g/mol. The molecule has 2 aromatic heterocycles. The van der Waals surface area contributed by atoms with Gasteiger partial charge in [0.2, 0.25) is 0 Å². The Hall–Kier alpha value is -3.50. The van der Waals surface area contributed by atoms with E-state index >= 15 is 0 Å². The molecule has 1 fully saturated rings. The van der Waals surface area contributed by atoms with Crippen LogP contribution in [0.3, 0.4) is 0 Å². The van der Waals surface area contributed by atoms with Crippen molar-refractivity contribution in [2.45, 2.75) is 32.0 Å². The van der Waals surface area contributed by atoms with E-state index in [1.807, 2.05) is 36.5 Å². The summed E-state index contributed by atoms with van der Waals surface area (Å²) in [4.78, 5) is 30.5. The van der Waals surface area contributed by atoms with Crippen LogP contribution in [0.4, 0.5) is 5.69 Å². The van der Waals surface area contributed by atoms with Gasteiger partial charge >= 0.3 is 10.6 Å². The first-order valence-corrected chi connectivity index (χ1v) is 12.0. The highest BCUT2D eigenvalue weighted by molar-refractivity contribution is 7.16. The van der Waals surface area contributed by atoms with Crippen LogP contribution in [-0.2, 0) is 13.2 Å². The van der Waals surface area contributed by atoms with E-state index in [4.69, 9.17) is 4.74 Å². The van der Waals surface area contributed by atoms with E-state index < -0.39 is 4.92 Å². The minimum absolute atomic E-state index is 0.00638. The number of piperidine rings is 1. The predicted molar refractivity (Wildman–Crippen MR) is 131 cm³/mol. The summed E-state index contributed by atoms with van der Waals surface area (Å²) in [6.07, 6.45) is 5.62. The molecular weight excluding hydrogens is 454 g/mol. The molecule has 10 heteroatoms. The molecule has 4 aromatic rings. The van der Waals surface area contributed by atoms with Crippen molar-refractivity contribution in [3.63, 3.8) is 0 Å². The van der Waals surface area contributed by atoms with Gasteiger partial charge in [-0.15, -0.1) is 0 Å². The van der Waals surface area contributed by atoms with Crippen LogP contribution >= 0.6 is 11.3 Å². The topological polar surface area (TPSA) is 95.4 Å². The lowest BCUT2D eigenvalue weighted by Crippen LogP contribution is -2.33. The Labute approximate surface area is 200 Å². The van der Waals surface area contributed by atoms with E-state index in [2.05, 4.69) is 14.5 Å². The number of imidazole rings is 1. The van der Waals surface area contributed by atoms with Gasteiger partial charge in [-0.3, -0.25) is 24.4 Å². The van der Waals surface area contributed by atoms with Crippen molar-refractivity contribution >= 4 is 27.2 Å². The average Bonchev–Trinajstić information content (AvgIpc) is 3.44. The lowest BCUT2D eigenvalue weighted by Gasteiger charge is -2.32. The monoisotopic (exact) mass is 479 g/mol. The molecule has 0 radical (unpaired) electrons. The van der Waals surface area contributed by atoms with Gasteiger partial charge in [0, 0.05) is 30.9 Å². The van der Waals surface area contributed by atoms with E-state index in [-0.39, 0.29) is 16.3 Å². The van der Waals surface area contributed by atoms with Crippen LogP contribution in [0.25, 0.3) is 10.2 Å². The van der Waals surface area contributed by atoms with Crippen LogP contribution in [0.5, 0.6) is 5.75 Å². The molecule has 0 atom stereocenters. The number of benzene rings is 2. The Morgan fingerprint density at radius 3 is 2.76 bits per heavy atom. The molecule has 0 aliphatic carbocycles. The van der Waals surface area contributed by atoms with Crippen LogP contribution in [0.1, 0.15) is 30.1 Å². The van der Waals surface area contributed by atoms with Crippen LogP contribution in [0, 0.1) is 10.1 Å². The summed E-state index contributed by atoms with van der Waals surface area (Å²) in [5.74, 6) is 1.58. The lowest BCUT2D eigenvalue weighted by molar-refractivity contribution is -0.385. The van der Waals surface area contributed by atoms with Crippen molar-refractivity contribution in [3.05, 3.63) is 86.0 Å². The van der Waals surface area contributed by atoms with Crippen molar-refractivity contribution in [1.29, 1.82) is 0 Å². The number of likely N-dealkylation sites (tertiary alicyclic amines) is 1. The maximum absolute atomic E-state index is 12.6. The number of rotatable bonds is 7. The molecule has 0 saturated carbocycles. The Bertz CT molecular complexity index is 1380. The van der Waals surface area contributed by atoms with Gasteiger partial charge in [-0.1, -0.05) is 29.5 Å². The molecule has 176 valence electrons. The minimum Gasteiger partial charge on any atom is -0.490 e. The highest BCUT2D eigenvalue weighted by Gasteiger charge is 2.25. The molecule has 9 nitrogen and oxygen atoms in total. The molecule has 0 spiro atoms. The fourth-order valence-corrected chi connectivity index (χ4v) is 5.57. The molecule has 0 amide bonds. The van der Waals surface area contributed by atoms with Crippen molar-refractivity contribution in [2.24, 2.45) is 0 Å². The van der Waals surface area contributed by atoms with Crippen molar-refractivity contribution in [1.82, 2.24) is 19.0 Å². The Morgan fingerprint density at radius 2 is 2.00 bits per heavy atom. The van der Waals surface area contributed by atoms with Gasteiger partial charge in [0.1, 0.15) is 12.5 Å². The summed E-state index contributed by atoms with van der Waals surface area (Å²) in [7, 11) is 1.44. The smallest absolute Gasteiger partial charge is 0.311 e. The van der Waals surface area contributed by atoms with Gasteiger partial charge in [-0.2, -0.15) is 0 Å². The first-order valence-electron chi connectivity index (χ1n) is 11.2. The molecule has 0 bridgehead atoms. The maximum atomic E-state index is 12.6. The highest BCUT2D eigenvalue weighted by atomic mass is 32.1. The zero-order valence-electron chi connectivity index (χ0n) is 18.8. The number of nitro benzene ring substituents is 1. The molecule has 0 unspecified atom stereocenters. The second-order valence-corrected chi connectivity index (χ2v) is 9.47. The van der Waals surface area contributed by atoms with Gasteiger partial charge < -0.3 is 9.30 Å². The maximum Gasteiger partial charge on any atom is 0.311 e. The molecule has 3 heterocycles. The number of methoxy groups -OCH3 is 1. The highest BCUT2D eigenvalue weighted by Crippen LogP contribution is 2.31. The molecule has 0 N–H and O–H groups in total. The third kappa shape index (κ3) is 4.34. The number of ether oxygens (including phenoxy) is 1. The summed E-state index contributed by atoms with van der Waals surface area (Å²) < 4.78 is 9.97.